The highest BCUT2D eigenvalue weighted by atomic mass is 14.6. The highest BCUT2D eigenvalue weighted by Crippen LogP contribution is 2.05. The smallest absolute Gasteiger partial charge is 0.0430 e. The summed E-state index contributed by atoms with van der Waals surface area (Å²) in [5.41, 5.74) is 2.68. The van der Waals surface area contributed by atoms with E-state index in [4.69, 9.17) is 5.41 Å². The molecular weight excluding hydrogens is 184 g/mol. The van der Waals surface area contributed by atoms with E-state index in [2.05, 4.69) is 4.98 Å². The van der Waals surface area contributed by atoms with Gasteiger partial charge in [0, 0.05) is 24.5 Å². The number of rotatable bonds is 3. The molecule has 0 atom stereocenters. The summed E-state index contributed by atoms with van der Waals surface area (Å²) in [7, 11) is 0. The Morgan fingerprint density at radius 2 is 1.87 bits per heavy atom. The molecule has 0 saturated carbocycles. The van der Waals surface area contributed by atoms with Crippen molar-refractivity contribution in [2.45, 2.75) is 6.42 Å². The lowest BCUT2D eigenvalue weighted by atomic mass is 10.0. The van der Waals surface area contributed by atoms with E-state index in [1.165, 1.54) is 0 Å². The fourth-order valence-electron chi connectivity index (χ4n) is 1.45. The second kappa shape index (κ2) is 4.51. The molecule has 1 N–H and O–H groups in total. The zero-order valence-corrected chi connectivity index (χ0v) is 8.35. The summed E-state index contributed by atoms with van der Waals surface area (Å²) >= 11 is 0. The zero-order chi connectivity index (χ0) is 10.5. The summed E-state index contributed by atoms with van der Waals surface area (Å²) < 4.78 is 0. The van der Waals surface area contributed by atoms with Gasteiger partial charge in [-0.3, -0.25) is 4.98 Å². The van der Waals surface area contributed by atoms with E-state index in [1.54, 1.807) is 12.4 Å². The number of pyridine rings is 1. The van der Waals surface area contributed by atoms with Crippen LogP contribution in [0.3, 0.4) is 0 Å². The average Bonchev–Trinajstić information content (AvgIpc) is 2.31. The van der Waals surface area contributed by atoms with Crippen LogP contribution in [0.4, 0.5) is 0 Å². The van der Waals surface area contributed by atoms with Gasteiger partial charge in [0.1, 0.15) is 0 Å². The second-order valence-corrected chi connectivity index (χ2v) is 3.38. The maximum Gasteiger partial charge on any atom is 0.0430 e. The molecule has 0 amide bonds. The summed E-state index contributed by atoms with van der Waals surface area (Å²) in [6, 6.07) is 13.7. The standard InChI is InChI=1S/C13H12N2/c14-13(12-6-2-1-3-7-12)9-11-5-4-8-15-10-11/h1-8,10,14H,9H2. The highest BCUT2D eigenvalue weighted by Gasteiger charge is 2.01. The van der Waals surface area contributed by atoms with Gasteiger partial charge >= 0.3 is 0 Å². The van der Waals surface area contributed by atoms with Crippen LogP contribution < -0.4 is 0 Å². The molecule has 1 heterocycles. The summed E-state index contributed by atoms with van der Waals surface area (Å²) in [5.74, 6) is 0. The third-order valence-electron chi connectivity index (χ3n) is 2.23. The zero-order valence-electron chi connectivity index (χ0n) is 8.35. The molecule has 2 nitrogen and oxygen atoms in total. The number of nitrogens with zero attached hydrogens (tertiary/aromatic N) is 1. The molecule has 0 aliphatic heterocycles. The van der Waals surface area contributed by atoms with E-state index in [0.717, 1.165) is 11.1 Å². The Balaban J connectivity index is 2.12. The Morgan fingerprint density at radius 1 is 1.07 bits per heavy atom. The topological polar surface area (TPSA) is 36.7 Å². The maximum absolute atomic E-state index is 7.94. The summed E-state index contributed by atoms with van der Waals surface area (Å²) in [5, 5.41) is 7.94. The van der Waals surface area contributed by atoms with Gasteiger partial charge in [0.25, 0.3) is 0 Å². The van der Waals surface area contributed by atoms with Gasteiger partial charge in [-0.05, 0) is 17.2 Å². The van der Waals surface area contributed by atoms with Crippen LogP contribution in [0.1, 0.15) is 11.1 Å². The third-order valence-corrected chi connectivity index (χ3v) is 2.23. The molecule has 2 rings (SSSR count). The minimum absolute atomic E-state index is 0.628. The first-order valence-electron chi connectivity index (χ1n) is 4.88. The molecule has 0 aliphatic carbocycles. The summed E-state index contributed by atoms with van der Waals surface area (Å²) in [4.78, 5) is 4.03. The van der Waals surface area contributed by atoms with Crippen LogP contribution in [0.15, 0.2) is 54.9 Å². The Labute approximate surface area is 89.1 Å². The Kier molecular flexibility index (Phi) is 2.88. The Bertz CT molecular complexity index is 435. The van der Waals surface area contributed by atoms with E-state index in [9.17, 15) is 0 Å². The molecule has 0 saturated heterocycles. The number of benzene rings is 1. The molecule has 0 radical (unpaired) electrons. The highest BCUT2D eigenvalue weighted by molar-refractivity contribution is 5.99. The van der Waals surface area contributed by atoms with Crippen LogP contribution in [0.2, 0.25) is 0 Å². The first-order valence-corrected chi connectivity index (χ1v) is 4.88. The van der Waals surface area contributed by atoms with Crippen molar-refractivity contribution in [1.29, 1.82) is 5.41 Å². The maximum atomic E-state index is 7.94. The summed E-state index contributed by atoms with van der Waals surface area (Å²) in [6.45, 7) is 0. The molecule has 0 unspecified atom stereocenters. The number of aromatic nitrogens is 1. The number of hydrogen-bond acceptors (Lipinski definition) is 2. The first kappa shape index (κ1) is 9.59. The predicted molar refractivity (Wildman–Crippen MR) is 61.2 cm³/mol. The summed E-state index contributed by atoms with van der Waals surface area (Å²) in [6.07, 6.45) is 4.19. The van der Waals surface area contributed by atoms with E-state index >= 15 is 0 Å². The Hall–Kier alpha value is -1.96. The van der Waals surface area contributed by atoms with Gasteiger partial charge in [0.2, 0.25) is 0 Å². The Morgan fingerprint density at radius 3 is 2.53 bits per heavy atom. The molecule has 2 heteroatoms. The molecule has 15 heavy (non-hydrogen) atoms. The van der Waals surface area contributed by atoms with Crippen LogP contribution in [0.25, 0.3) is 0 Å². The van der Waals surface area contributed by atoms with Gasteiger partial charge in [0.15, 0.2) is 0 Å². The van der Waals surface area contributed by atoms with E-state index in [1.807, 2.05) is 42.5 Å². The average molecular weight is 196 g/mol. The normalized spacial score (nSPS) is 9.87. The van der Waals surface area contributed by atoms with E-state index in [0.29, 0.717) is 12.1 Å². The molecule has 0 spiro atoms. The number of nitrogens with one attached hydrogen (secondary N) is 1. The van der Waals surface area contributed by atoms with Crippen molar-refractivity contribution in [3.63, 3.8) is 0 Å². The fourth-order valence-corrected chi connectivity index (χ4v) is 1.45. The minimum Gasteiger partial charge on any atom is -0.304 e. The molecule has 0 bridgehead atoms. The van der Waals surface area contributed by atoms with Crippen molar-refractivity contribution >= 4 is 5.71 Å². The van der Waals surface area contributed by atoms with Gasteiger partial charge in [-0.1, -0.05) is 36.4 Å². The molecule has 2 aromatic rings. The number of hydrogen-bond donors (Lipinski definition) is 1. The molecule has 0 aliphatic rings. The van der Waals surface area contributed by atoms with Crippen LogP contribution in [0, 0.1) is 5.41 Å². The van der Waals surface area contributed by atoms with E-state index < -0.39 is 0 Å². The van der Waals surface area contributed by atoms with Gasteiger partial charge in [-0.2, -0.15) is 0 Å². The van der Waals surface area contributed by atoms with Crippen molar-refractivity contribution in [3.8, 4) is 0 Å². The lowest BCUT2D eigenvalue weighted by Gasteiger charge is -2.03. The van der Waals surface area contributed by atoms with Crippen molar-refractivity contribution in [2.24, 2.45) is 0 Å². The minimum atomic E-state index is 0.628. The second-order valence-electron chi connectivity index (χ2n) is 3.38. The monoisotopic (exact) mass is 196 g/mol. The lowest BCUT2D eigenvalue weighted by molar-refractivity contribution is 1.20. The molecule has 74 valence electrons. The van der Waals surface area contributed by atoms with Crippen LogP contribution in [-0.2, 0) is 6.42 Å². The van der Waals surface area contributed by atoms with Crippen LogP contribution in [-0.4, -0.2) is 10.7 Å². The largest absolute Gasteiger partial charge is 0.304 e. The predicted octanol–water partition coefficient (Wildman–Crippen LogP) is 2.69. The van der Waals surface area contributed by atoms with Crippen LogP contribution >= 0.6 is 0 Å². The third kappa shape index (κ3) is 2.50. The molecular formula is C13H12N2. The quantitative estimate of drug-likeness (QED) is 0.753. The van der Waals surface area contributed by atoms with Gasteiger partial charge in [0.05, 0.1) is 0 Å². The lowest BCUT2D eigenvalue weighted by Crippen LogP contribution is -2.03. The van der Waals surface area contributed by atoms with E-state index in [-0.39, 0.29) is 0 Å². The molecule has 1 aromatic carbocycles. The van der Waals surface area contributed by atoms with Crippen molar-refractivity contribution in [3.05, 3.63) is 66.0 Å². The van der Waals surface area contributed by atoms with Gasteiger partial charge < -0.3 is 5.41 Å². The van der Waals surface area contributed by atoms with Crippen molar-refractivity contribution in [1.82, 2.24) is 4.98 Å². The molecule has 1 aromatic heterocycles. The van der Waals surface area contributed by atoms with Crippen molar-refractivity contribution < 1.29 is 0 Å². The van der Waals surface area contributed by atoms with Crippen molar-refractivity contribution in [2.75, 3.05) is 0 Å². The van der Waals surface area contributed by atoms with Crippen LogP contribution in [0.5, 0.6) is 0 Å². The van der Waals surface area contributed by atoms with Gasteiger partial charge in [-0.15, -0.1) is 0 Å². The first-order chi connectivity index (χ1) is 7.36. The fraction of sp³-hybridized carbons (Fsp3) is 0.0769. The molecule has 0 fully saturated rings. The van der Waals surface area contributed by atoms with Gasteiger partial charge in [-0.25, -0.2) is 0 Å². The SMILES string of the molecule is N=C(Cc1cccnc1)c1ccccc1.